The van der Waals surface area contributed by atoms with E-state index in [4.69, 9.17) is 9.47 Å². The predicted octanol–water partition coefficient (Wildman–Crippen LogP) is 7.41. The summed E-state index contributed by atoms with van der Waals surface area (Å²) >= 11 is 0. The Bertz CT molecular complexity index is 1240. The highest BCUT2D eigenvalue weighted by Gasteiger charge is 2.12. The van der Waals surface area contributed by atoms with Gasteiger partial charge in [0.25, 0.3) is 0 Å². The van der Waals surface area contributed by atoms with Crippen LogP contribution in [0.1, 0.15) is 60.7 Å². The number of aryl methyl sites for hydroxylation is 1. The van der Waals surface area contributed by atoms with Crippen LogP contribution in [-0.2, 0) is 19.5 Å². The molecule has 4 rings (SSSR count). The molecule has 0 saturated carbocycles. The number of nitrogens with one attached hydrogen (secondary N) is 2. The van der Waals surface area contributed by atoms with Gasteiger partial charge in [0.2, 0.25) is 0 Å². The minimum absolute atomic E-state index is 0.256. The third-order valence-electron chi connectivity index (χ3n) is 6.96. The molecular weight excluding hydrogens is 468 g/mol. The molecule has 0 unspecified atom stereocenters. The van der Waals surface area contributed by atoms with E-state index in [-0.39, 0.29) is 12.1 Å². The molecule has 2 atom stereocenters. The molecule has 2 N–H and O–H groups in total. The van der Waals surface area contributed by atoms with Gasteiger partial charge in [0.05, 0.1) is 0 Å². The molecule has 38 heavy (non-hydrogen) atoms. The van der Waals surface area contributed by atoms with Gasteiger partial charge in [-0.25, -0.2) is 0 Å². The maximum Gasteiger partial charge on any atom is 0.124 e. The molecule has 4 nitrogen and oxygen atoms in total. The van der Waals surface area contributed by atoms with E-state index < -0.39 is 0 Å². The number of hydrogen-bond acceptors (Lipinski definition) is 4. The van der Waals surface area contributed by atoms with E-state index in [2.05, 4.69) is 116 Å². The Labute approximate surface area is 228 Å². The Morgan fingerprint density at radius 2 is 1.05 bits per heavy atom. The molecule has 4 aromatic rings. The summed E-state index contributed by atoms with van der Waals surface area (Å²) in [4.78, 5) is 0. The highest BCUT2D eigenvalue weighted by Crippen LogP contribution is 2.25. The Balaban J connectivity index is 1.31. The van der Waals surface area contributed by atoms with Crippen LogP contribution in [0.2, 0.25) is 0 Å². The van der Waals surface area contributed by atoms with Gasteiger partial charge in [-0.15, -0.1) is 0 Å². The molecule has 0 radical (unpaired) electrons. The van der Waals surface area contributed by atoms with Crippen molar-refractivity contribution in [1.29, 1.82) is 0 Å². The molecule has 0 aliphatic heterocycles. The molecule has 0 amide bonds. The molecule has 0 saturated heterocycles. The second kappa shape index (κ2) is 14.4. The fraction of sp³-hybridized carbons (Fsp3) is 0.294. The smallest absolute Gasteiger partial charge is 0.124 e. The average molecular weight is 509 g/mol. The Morgan fingerprint density at radius 1 is 0.553 bits per heavy atom. The summed E-state index contributed by atoms with van der Waals surface area (Å²) in [5.41, 5.74) is 6.22. The van der Waals surface area contributed by atoms with E-state index in [0.717, 1.165) is 36.6 Å². The van der Waals surface area contributed by atoms with Crippen molar-refractivity contribution < 1.29 is 9.47 Å². The van der Waals surface area contributed by atoms with Crippen molar-refractivity contribution in [2.24, 2.45) is 0 Å². The summed E-state index contributed by atoms with van der Waals surface area (Å²) in [7, 11) is 0. The topological polar surface area (TPSA) is 42.5 Å². The standard InChI is InChI=1S/C34H40N2O2/c1-4-28-19-13-21-34(32(28)25-36-27(3)30-16-9-6-10-17-30)38-23-22-37-33-20-12-11-18-31(33)24-35-26(2)29-14-7-5-8-15-29/h5-21,26-27,35-36H,4,22-25H2,1-3H3/t26-,27+/m1/s1. The lowest BCUT2D eigenvalue weighted by atomic mass is 10.0. The highest BCUT2D eigenvalue weighted by atomic mass is 16.5. The summed E-state index contributed by atoms with van der Waals surface area (Å²) in [6.45, 7) is 9.03. The summed E-state index contributed by atoms with van der Waals surface area (Å²) in [5, 5.41) is 7.28. The average Bonchev–Trinajstić information content (AvgIpc) is 2.98. The van der Waals surface area contributed by atoms with Gasteiger partial charge in [0.15, 0.2) is 0 Å². The van der Waals surface area contributed by atoms with Gasteiger partial charge in [-0.1, -0.05) is 97.9 Å². The number of para-hydroxylation sites is 1. The second-order valence-electron chi connectivity index (χ2n) is 9.58. The van der Waals surface area contributed by atoms with Gasteiger partial charge in [0, 0.05) is 36.3 Å². The first-order valence-electron chi connectivity index (χ1n) is 13.7. The van der Waals surface area contributed by atoms with Crippen molar-refractivity contribution in [3.8, 4) is 11.5 Å². The van der Waals surface area contributed by atoms with Gasteiger partial charge in [-0.3, -0.25) is 0 Å². The third kappa shape index (κ3) is 7.70. The number of ether oxygens (including phenoxy) is 2. The lowest BCUT2D eigenvalue weighted by molar-refractivity contribution is 0.214. The van der Waals surface area contributed by atoms with Crippen molar-refractivity contribution in [2.75, 3.05) is 13.2 Å². The lowest BCUT2D eigenvalue weighted by Gasteiger charge is -2.19. The first-order valence-corrected chi connectivity index (χ1v) is 13.7. The first-order chi connectivity index (χ1) is 18.7. The summed E-state index contributed by atoms with van der Waals surface area (Å²) in [5.74, 6) is 1.82. The van der Waals surface area contributed by atoms with Gasteiger partial charge in [-0.05, 0) is 49.1 Å². The molecule has 0 aliphatic carbocycles. The molecule has 0 aliphatic rings. The van der Waals surface area contributed by atoms with E-state index in [1.165, 1.54) is 22.3 Å². The molecule has 0 spiro atoms. The first kappa shape index (κ1) is 27.4. The largest absolute Gasteiger partial charge is 0.490 e. The van der Waals surface area contributed by atoms with Crippen molar-refractivity contribution in [3.05, 3.63) is 131 Å². The van der Waals surface area contributed by atoms with E-state index in [1.807, 2.05) is 18.2 Å². The van der Waals surface area contributed by atoms with E-state index >= 15 is 0 Å². The van der Waals surface area contributed by atoms with Crippen LogP contribution in [0.5, 0.6) is 11.5 Å². The fourth-order valence-corrected chi connectivity index (χ4v) is 4.61. The molecular formula is C34H40N2O2. The SMILES string of the molecule is CCc1cccc(OCCOc2ccccc2CN[C@H](C)c2ccccc2)c1CN[C@@H](C)c1ccccc1. The van der Waals surface area contributed by atoms with Crippen molar-refractivity contribution in [1.82, 2.24) is 10.6 Å². The normalized spacial score (nSPS) is 12.6. The van der Waals surface area contributed by atoms with E-state index in [0.29, 0.717) is 13.2 Å². The molecule has 0 bridgehead atoms. The number of hydrogen-bond donors (Lipinski definition) is 2. The Morgan fingerprint density at radius 3 is 1.68 bits per heavy atom. The fourth-order valence-electron chi connectivity index (χ4n) is 4.61. The van der Waals surface area contributed by atoms with Gasteiger partial charge in [-0.2, -0.15) is 0 Å². The van der Waals surface area contributed by atoms with E-state index in [1.54, 1.807) is 0 Å². The zero-order valence-corrected chi connectivity index (χ0v) is 22.8. The number of benzene rings is 4. The molecule has 0 aromatic heterocycles. The van der Waals surface area contributed by atoms with E-state index in [9.17, 15) is 0 Å². The highest BCUT2D eigenvalue weighted by molar-refractivity contribution is 5.40. The molecule has 0 fully saturated rings. The number of rotatable bonds is 14. The Kier molecular flexibility index (Phi) is 10.4. The summed E-state index contributed by atoms with van der Waals surface area (Å²) in [6.07, 6.45) is 0.964. The van der Waals surface area contributed by atoms with Gasteiger partial charge < -0.3 is 20.1 Å². The molecule has 198 valence electrons. The molecule has 4 aromatic carbocycles. The molecule has 4 heteroatoms. The lowest BCUT2D eigenvalue weighted by Crippen LogP contribution is -2.20. The van der Waals surface area contributed by atoms with Crippen LogP contribution in [0.25, 0.3) is 0 Å². The van der Waals surface area contributed by atoms with Crippen LogP contribution in [0.15, 0.2) is 103 Å². The van der Waals surface area contributed by atoms with Crippen molar-refractivity contribution in [2.45, 2.75) is 52.4 Å². The zero-order chi connectivity index (χ0) is 26.6. The van der Waals surface area contributed by atoms with Crippen LogP contribution in [0.4, 0.5) is 0 Å². The predicted molar refractivity (Wildman–Crippen MR) is 157 cm³/mol. The summed E-state index contributed by atoms with van der Waals surface area (Å²) < 4.78 is 12.4. The Hall–Kier alpha value is -3.60. The van der Waals surface area contributed by atoms with Gasteiger partial charge in [0.1, 0.15) is 24.7 Å². The van der Waals surface area contributed by atoms with Crippen molar-refractivity contribution in [3.63, 3.8) is 0 Å². The monoisotopic (exact) mass is 508 g/mol. The minimum Gasteiger partial charge on any atom is -0.490 e. The quantitative estimate of drug-likeness (QED) is 0.174. The van der Waals surface area contributed by atoms with Crippen LogP contribution in [-0.4, -0.2) is 13.2 Å². The maximum absolute atomic E-state index is 6.25. The molecule has 0 heterocycles. The third-order valence-corrected chi connectivity index (χ3v) is 6.96. The van der Waals surface area contributed by atoms with Gasteiger partial charge >= 0.3 is 0 Å². The van der Waals surface area contributed by atoms with Crippen LogP contribution in [0.3, 0.4) is 0 Å². The minimum atomic E-state index is 0.256. The van der Waals surface area contributed by atoms with Crippen LogP contribution in [0, 0.1) is 0 Å². The van der Waals surface area contributed by atoms with Crippen molar-refractivity contribution >= 4 is 0 Å². The van der Waals surface area contributed by atoms with Crippen LogP contribution >= 0.6 is 0 Å². The zero-order valence-electron chi connectivity index (χ0n) is 22.8. The summed E-state index contributed by atoms with van der Waals surface area (Å²) in [6, 6.07) is 36.1. The second-order valence-corrected chi connectivity index (χ2v) is 9.58. The maximum atomic E-state index is 6.25. The van der Waals surface area contributed by atoms with Crippen LogP contribution < -0.4 is 20.1 Å².